The van der Waals surface area contributed by atoms with E-state index < -0.39 is 6.10 Å². The number of rotatable bonds is 2. The van der Waals surface area contributed by atoms with Gasteiger partial charge in [-0.3, -0.25) is 4.79 Å². The molecule has 0 bridgehead atoms. The van der Waals surface area contributed by atoms with Crippen molar-refractivity contribution in [2.24, 2.45) is 0 Å². The zero-order chi connectivity index (χ0) is 16.5. The average Bonchev–Trinajstić information content (AvgIpc) is 3.09. The Balaban J connectivity index is 1.50. The quantitative estimate of drug-likeness (QED) is 0.755. The van der Waals surface area contributed by atoms with Gasteiger partial charge in [-0.25, -0.2) is 0 Å². The number of hydrogen-bond acceptors (Lipinski definition) is 4. The van der Waals surface area contributed by atoms with Crippen molar-refractivity contribution in [3.8, 4) is 0 Å². The molecule has 2 N–H and O–H groups in total. The number of hydrogen-bond donors (Lipinski definition) is 2. The number of likely N-dealkylation sites (tertiary alicyclic amines) is 1. The first-order chi connectivity index (χ1) is 11.7. The number of carbonyl (C=O) groups excluding carboxylic acids is 1. The standard InChI is InChI=1S/C18H18N4O2/c23-17-11-22(9-8-14(17)12-4-2-1-3-5-12)18(24)13-6-7-15-16(10-13)20-21-19-15/h1-7,10,14,17,23H,8-9,11H2,(H,19,20,21)/t14-,17-/m1/s1. The summed E-state index contributed by atoms with van der Waals surface area (Å²) >= 11 is 0. The van der Waals surface area contributed by atoms with Crippen LogP contribution in [0, 0.1) is 0 Å². The Bertz CT molecular complexity index is 862. The number of amides is 1. The van der Waals surface area contributed by atoms with Crippen molar-refractivity contribution < 1.29 is 9.90 Å². The molecule has 1 amide bonds. The van der Waals surface area contributed by atoms with Gasteiger partial charge in [-0.1, -0.05) is 30.3 Å². The lowest BCUT2D eigenvalue weighted by atomic mass is 9.87. The number of nitrogens with zero attached hydrogens (tertiary/aromatic N) is 3. The van der Waals surface area contributed by atoms with Crippen LogP contribution >= 0.6 is 0 Å². The van der Waals surface area contributed by atoms with E-state index in [9.17, 15) is 9.90 Å². The molecule has 0 aliphatic carbocycles. The van der Waals surface area contributed by atoms with Crippen LogP contribution in [0.15, 0.2) is 48.5 Å². The molecule has 122 valence electrons. The third kappa shape index (κ3) is 2.65. The fourth-order valence-corrected chi connectivity index (χ4v) is 3.36. The molecule has 1 fully saturated rings. The van der Waals surface area contributed by atoms with Crippen molar-refractivity contribution in [2.45, 2.75) is 18.4 Å². The highest BCUT2D eigenvalue weighted by Gasteiger charge is 2.31. The number of carbonyl (C=O) groups is 1. The highest BCUT2D eigenvalue weighted by Crippen LogP contribution is 2.29. The summed E-state index contributed by atoms with van der Waals surface area (Å²) in [4.78, 5) is 14.4. The molecule has 2 heterocycles. The molecule has 24 heavy (non-hydrogen) atoms. The summed E-state index contributed by atoms with van der Waals surface area (Å²) in [6.45, 7) is 0.974. The topological polar surface area (TPSA) is 82.1 Å². The minimum absolute atomic E-state index is 0.0771. The molecule has 0 saturated carbocycles. The van der Waals surface area contributed by atoms with E-state index in [1.54, 1.807) is 23.1 Å². The van der Waals surface area contributed by atoms with Crippen LogP contribution in [0.5, 0.6) is 0 Å². The Morgan fingerprint density at radius 3 is 2.71 bits per heavy atom. The fourth-order valence-electron chi connectivity index (χ4n) is 3.36. The van der Waals surface area contributed by atoms with Crippen molar-refractivity contribution in [3.63, 3.8) is 0 Å². The van der Waals surface area contributed by atoms with Crippen LogP contribution in [0.4, 0.5) is 0 Å². The number of H-pyrrole nitrogens is 1. The van der Waals surface area contributed by atoms with Crippen LogP contribution in [0.1, 0.15) is 28.3 Å². The average molecular weight is 322 g/mol. The van der Waals surface area contributed by atoms with Crippen LogP contribution in [-0.4, -0.2) is 50.5 Å². The van der Waals surface area contributed by atoms with E-state index >= 15 is 0 Å². The molecular formula is C18H18N4O2. The van der Waals surface area contributed by atoms with Crippen molar-refractivity contribution in [2.75, 3.05) is 13.1 Å². The molecule has 1 aromatic heterocycles. The lowest BCUT2D eigenvalue weighted by Gasteiger charge is -2.36. The number of aliphatic hydroxyl groups excluding tert-OH is 1. The Morgan fingerprint density at radius 1 is 1.12 bits per heavy atom. The number of aromatic amines is 1. The maximum Gasteiger partial charge on any atom is 0.254 e. The number of aromatic nitrogens is 3. The maximum absolute atomic E-state index is 12.7. The largest absolute Gasteiger partial charge is 0.391 e. The van der Waals surface area contributed by atoms with E-state index in [1.807, 2.05) is 30.3 Å². The van der Waals surface area contributed by atoms with Gasteiger partial charge >= 0.3 is 0 Å². The minimum atomic E-state index is -0.555. The number of piperidine rings is 1. The van der Waals surface area contributed by atoms with Gasteiger partial charge in [-0.05, 0) is 30.2 Å². The first-order valence-electron chi connectivity index (χ1n) is 8.05. The number of fused-ring (bicyclic) bond motifs is 1. The first kappa shape index (κ1) is 14.8. The zero-order valence-corrected chi connectivity index (χ0v) is 13.1. The predicted molar refractivity (Wildman–Crippen MR) is 89.6 cm³/mol. The van der Waals surface area contributed by atoms with Gasteiger partial charge in [0.15, 0.2) is 0 Å². The minimum Gasteiger partial charge on any atom is -0.391 e. The Kier molecular flexibility index (Phi) is 3.74. The third-order valence-corrected chi connectivity index (χ3v) is 4.66. The van der Waals surface area contributed by atoms with Gasteiger partial charge in [0.05, 0.1) is 6.10 Å². The van der Waals surface area contributed by atoms with E-state index in [-0.39, 0.29) is 11.8 Å². The molecule has 6 heteroatoms. The van der Waals surface area contributed by atoms with Gasteiger partial charge in [0.1, 0.15) is 11.0 Å². The van der Waals surface area contributed by atoms with Crippen LogP contribution in [0.2, 0.25) is 0 Å². The fraction of sp³-hybridized carbons (Fsp3) is 0.278. The Hall–Kier alpha value is -2.73. The van der Waals surface area contributed by atoms with E-state index in [1.165, 1.54) is 0 Å². The summed E-state index contributed by atoms with van der Waals surface area (Å²) in [6.07, 6.45) is 0.198. The summed E-state index contributed by atoms with van der Waals surface area (Å²) in [5.41, 5.74) is 3.10. The van der Waals surface area contributed by atoms with Crippen molar-refractivity contribution in [1.82, 2.24) is 20.3 Å². The zero-order valence-electron chi connectivity index (χ0n) is 13.1. The lowest BCUT2D eigenvalue weighted by Crippen LogP contribution is -2.45. The molecule has 0 unspecified atom stereocenters. The van der Waals surface area contributed by atoms with E-state index in [4.69, 9.17) is 0 Å². The summed E-state index contributed by atoms with van der Waals surface area (Å²) in [5.74, 6) is -0.00117. The molecule has 1 aliphatic rings. The molecule has 2 aromatic carbocycles. The second kappa shape index (κ2) is 6.05. The van der Waals surface area contributed by atoms with Gasteiger partial charge < -0.3 is 10.0 Å². The number of benzene rings is 2. The molecule has 1 saturated heterocycles. The summed E-state index contributed by atoms with van der Waals surface area (Å²) in [7, 11) is 0. The number of β-amino-alcohol motifs (C(OH)–C–C–N with tert-alkyl or cyclic N) is 1. The second-order valence-electron chi connectivity index (χ2n) is 6.15. The summed E-state index contributed by atoms with van der Waals surface area (Å²) < 4.78 is 0. The van der Waals surface area contributed by atoms with Crippen LogP contribution in [0.25, 0.3) is 11.0 Å². The maximum atomic E-state index is 12.7. The Morgan fingerprint density at radius 2 is 1.92 bits per heavy atom. The van der Waals surface area contributed by atoms with Gasteiger partial charge in [0.2, 0.25) is 0 Å². The van der Waals surface area contributed by atoms with E-state index in [0.717, 1.165) is 17.5 Å². The molecule has 3 aromatic rings. The second-order valence-corrected chi connectivity index (χ2v) is 6.15. The smallest absolute Gasteiger partial charge is 0.254 e. The van der Waals surface area contributed by atoms with Crippen LogP contribution in [-0.2, 0) is 0 Å². The highest BCUT2D eigenvalue weighted by molar-refractivity contribution is 5.97. The lowest BCUT2D eigenvalue weighted by molar-refractivity contribution is 0.0382. The molecule has 1 aliphatic heterocycles. The molecule has 6 nitrogen and oxygen atoms in total. The molecule has 0 radical (unpaired) electrons. The van der Waals surface area contributed by atoms with Crippen LogP contribution in [0.3, 0.4) is 0 Å². The Labute approximate surface area is 139 Å². The van der Waals surface area contributed by atoms with Crippen molar-refractivity contribution in [3.05, 3.63) is 59.7 Å². The monoisotopic (exact) mass is 322 g/mol. The first-order valence-corrected chi connectivity index (χ1v) is 8.05. The highest BCUT2D eigenvalue weighted by atomic mass is 16.3. The molecule has 4 rings (SSSR count). The van der Waals surface area contributed by atoms with E-state index in [0.29, 0.717) is 24.2 Å². The summed E-state index contributed by atoms with van der Waals surface area (Å²) in [5, 5.41) is 21.1. The van der Waals surface area contributed by atoms with Crippen LogP contribution < -0.4 is 0 Å². The SMILES string of the molecule is O=C(c1ccc2n[nH]nc2c1)N1CC[C@H](c2ccccc2)[C@H](O)C1. The molecule has 0 spiro atoms. The van der Waals surface area contributed by atoms with Gasteiger partial charge in [0, 0.05) is 24.6 Å². The molecular weight excluding hydrogens is 304 g/mol. The number of nitrogens with one attached hydrogen (secondary N) is 1. The van der Waals surface area contributed by atoms with Crippen molar-refractivity contribution >= 4 is 16.9 Å². The number of aliphatic hydroxyl groups is 1. The predicted octanol–water partition coefficient (Wildman–Crippen LogP) is 1.95. The third-order valence-electron chi connectivity index (χ3n) is 4.66. The van der Waals surface area contributed by atoms with Gasteiger partial charge in [-0.15, -0.1) is 0 Å². The molecule has 2 atom stereocenters. The van der Waals surface area contributed by atoms with Crippen molar-refractivity contribution in [1.29, 1.82) is 0 Å². The summed E-state index contributed by atoms with van der Waals surface area (Å²) in [6, 6.07) is 15.3. The van der Waals surface area contributed by atoms with Gasteiger partial charge in [-0.2, -0.15) is 15.4 Å². The normalized spacial score (nSPS) is 21.1. The van der Waals surface area contributed by atoms with E-state index in [2.05, 4.69) is 15.4 Å². The van der Waals surface area contributed by atoms with Gasteiger partial charge in [0.25, 0.3) is 5.91 Å².